The molecule has 0 atom stereocenters. The molecule has 0 aliphatic rings. The summed E-state index contributed by atoms with van der Waals surface area (Å²) < 4.78 is 47.4. The van der Waals surface area contributed by atoms with Gasteiger partial charge in [0.1, 0.15) is 16.9 Å². The van der Waals surface area contributed by atoms with E-state index in [0.717, 1.165) is 17.5 Å². The normalized spacial score (nSPS) is 11.5. The molecule has 2 aromatic carbocycles. The first-order chi connectivity index (χ1) is 15.7. The second-order valence-electron chi connectivity index (χ2n) is 7.56. The lowest BCUT2D eigenvalue weighted by molar-refractivity contribution is -0.133. The van der Waals surface area contributed by atoms with Crippen LogP contribution in [0.5, 0.6) is 5.75 Å². The number of hydrogen-bond donors (Lipinski definition) is 2. The minimum absolute atomic E-state index is 0.131. The van der Waals surface area contributed by atoms with Crippen LogP contribution in [-0.2, 0) is 13.0 Å². The van der Waals surface area contributed by atoms with Crippen molar-refractivity contribution < 1.29 is 27.1 Å². The highest BCUT2D eigenvalue weighted by molar-refractivity contribution is 6.05. The topological polar surface area (TPSA) is 80.6 Å². The zero-order valence-electron chi connectivity index (χ0n) is 18.3. The molecule has 1 aromatic heterocycles. The molecule has 1 heterocycles. The van der Waals surface area contributed by atoms with E-state index in [-0.39, 0.29) is 18.7 Å². The van der Waals surface area contributed by atoms with E-state index in [1.165, 1.54) is 6.07 Å². The Labute approximate surface area is 188 Å². The van der Waals surface area contributed by atoms with Crippen molar-refractivity contribution in [2.24, 2.45) is 0 Å². The number of benzene rings is 2. The number of alkyl halides is 3. The zero-order chi connectivity index (χ0) is 24.0. The molecule has 0 fully saturated rings. The molecule has 0 saturated carbocycles. The van der Waals surface area contributed by atoms with Crippen molar-refractivity contribution in [3.63, 3.8) is 0 Å². The summed E-state index contributed by atoms with van der Waals surface area (Å²) >= 11 is 0. The first-order valence-corrected chi connectivity index (χ1v) is 10.5. The number of carbonyl (C=O) groups excluding carboxylic acids is 1. The maximum absolute atomic E-state index is 12.7. The SMILES string of the molecule is CCCc1c(OC)ccc2cc(C(=O)Nc3ccc(CNCCC(F)(F)F)cc3)c(=O)oc12. The number of hydrogen-bond acceptors (Lipinski definition) is 5. The first kappa shape index (κ1) is 24.3. The third kappa shape index (κ3) is 6.35. The highest BCUT2D eigenvalue weighted by atomic mass is 19.4. The van der Waals surface area contributed by atoms with E-state index in [1.807, 2.05) is 6.92 Å². The summed E-state index contributed by atoms with van der Waals surface area (Å²) in [5.74, 6) is 0.00671. The Bertz CT molecular complexity index is 1170. The van der Waals surface area contributed by atoms with E-state index in [1.54, 1.807) is 43.5 Å². The monoisotopic (exact) mass is 462 g/mol. The molecule has 0 bridgehead atoms. The number of fused-ring (bicyclic) bond motifs is 1. The van der Waals surface area contributed by atoms with Gasteiger partial charge in [-0.05, 0) is 42.3 Å². The number of rotatable bonds is 9. The van der Waals surface area contributed by atoms with Gasteiger partial charge < -0.3 is 19.8 Å². The summed E-state index contributed by atoms with van der Waals surface area (Å²) in [5.41, 5.74) is 1.50. The first-order valence-electron chi connectivity index (χ1n) is 10.5. The predicted molar refractivity (Wildman–Crippen MR) is 120 cm³/mol. The second-order valence-corrected chi connectivity index (χ2v) is 7.56. The molecule has 0 saturated heterocycles. The molecule has 176 valence electrons. The Morgan fingerprint density at radius 3 is 2.48 bits per heavy atom. The van der Waals surface area contributed by atoms with Crippen molar-refractivity contribution >= 4 is 22.6 Å². The molecule has 3 aromatic rings. The fourth-order valence-electron chi connectivity index (χ4n) is 3.43. The van der Waals surface area contributed by atoms with Crippen LogP contribution in [0.25, 0.3) is 11.0 Å². The molecule has 6 nitrogen and oxygen atoms in total. The molecule has 3 rings (SSSR count). The lowest BCUT2D eigenvalue weighted by Crippen LogP contribution is -2.21. The number of ether oxygens (including phenoxy) is 1. The van der Waals surface area contributed by atoms with Crippen LogP contribution in [0.15, 0.2) is 51.7 Å². The van der Waals surface area contributed by atoms with Gasteiger partial charge in [-0.3, -0.25) is 4.79 Å². The molecule has 0 spiro atoms. The maximum atomic E-state index is 12.7. The Kier molecular flexibility index (Phi) is 7.75. The number of nitrogens with one attached hydrogen (secondary N) is 2. The Morgan fingerprint density at radius 2 is 1.85 bits per heavy atom. The Morgan fingerprint density at radius 1 is 1.12 bits per heavy atom. The average Bonchev–Trinajstić information content (AvgIpc) is 2.77. The summed E-state index contributed by atoms with van der Waals surface area (Å²) in [4.78, 5) is 25.2. The average molecular weight is 462 g/mol. The number of halogens is 3. The minimum atomic E-state index is -4.19. The zero-order valence-corrected chi connectivity index (χ0v) is 18.3. The van der Waals surface area contributed by atoms with Gasteiger partial charge in [0.15, 0.2) is 0 Å². The third-order valence-corrected chi connectivity index (χ3v) is 5.05. The second kappa shape index (κ2) is 10.5. The lowest BCUT2D eigenvalue weighted by atomic mass is 10.0. The van der Waals surface area contributed by atoms with E-state index in [9.17, 15) is 22.8 Å². The van der Waals surface area contributed by atoms with Crippen LogP contribution in [-0.4, -0.2) is 25.7 Å². The van der Waals surface area contributed by atoms with E-state index in [4.69, 9.17) is 9.15 Å². The summed E-state index contributed by atoms with van der Waals surface area (Å²) in [7, 11) is 1.55. The highest BCUT2D eigenvalue weighted by Gasteiger charge is 2.25. The van der Waals surface area contributed by atoms with Crippen molar-refractivity contribution in [1.82, 2.24) is 5.32 Å². The highest BCUT2D eigenvalue weighted by Crippen LogP contribution is 2.29. The van der Waals surface area contributed by atoms with Gasteiger partial charge in [0.25, 0.3) is 5.91 Å². The molecular formula is C24H25F3N2O4. The van der Waals surface area contributed by atoms with Crippen LogP contribution < -0.4 is 21.0 Å². The van der Waals surface area contributed by atoms with E-state index >= 15 is 0 Å². The van der Waals surface area contributed by atoms with Gasteiger partial charge in [0.05, 0.1) is 13.5 Å². The van der Waals surface area contributed by atoms with Gasteiger partial charge in [0, 0.05) is 29.7 Å². The van der Waals surface area contributed by atoms with Crippen LogP contribution in [0.4, 0.5) is 18.9 Å². The number of anilines is 1. The standard InChI is InChI=1S/C24H25F3N2O4/c1-3-4-18-20(32-2)10-7-16-13-19(23(31)33-21(16)18)22(30)29-17-8-5-15(6-9-17)14-28-12-11-24(25,26)27/h5-10,13,28H,3-4,11-12,14H2,1-2H3,(H,29,30). The maximum Gasteiger partial charge on any atom is 0.390 e. The molecule has 0 radical (unpaired) electrons. The molecule has 0 unspecified atom stereocenters. The van der Waals surface area contributed by atoms with Crippen LogP contribution >= 0.6 is 0 Å². The molecular weight excluding hydrogens is 437 g/mol. The lowest BCUT2D eigenvalue weighted by Gasteiger charge is -2.11. The summed E-state index contributed by atoms with van der Waals surface area (Å²) in [6.07, 6.45) is -3.61. The van der Waals surface area contributed by atoms with Crippen molar-refractivity contribution in [2.45, 2.75) is 38.9 Å². The van der Waals surface area contributed by atoms with Crippen molar-refractivity contribution in [2.75, 3.05) is 19.0 Å². The smallest absolute Gasteiger partial charge is 0.390 e. The molecule has 9 heteroatoms. The van der Waals surface area contributed by atoms with Crippen LogP contribution in [0, 0.1) is 0 Å². The minimum Gasteiger partial charge on any atom is -0.496 e. The summed E-state index contributed by atoms with van der Waals surface area (Å²) in [6, 6.07) is 11.6. The van der Waals surface area contributed by atoms with Gasteiger partial charge >= 0.3 is 11.8 Å². The number of methoxy groups -OCH3 is 1. The molecule has 33 heavy (non-hydrogen) atoms. The largest absolute Gasteiger partial charge is 0.496 e. The fraction of sp³-hybridized carbons (Fsp3) is 0.333. The van der Waals surface area contributed by atoms with Gasteiger partial charge in [-0.2, -0.15) is 13.2 Å². The van der Waals surface area contributed by atoms with Crippen molar-refractivity contribution in [3.8, 4) is 5.75 Å². The summed E-state index contributed by atoms with van der Waals surface area (Å²) in [5, 5.41) is 5.98. The molecule has 2 N–H and O–H groups in total. The van der Waals surface area contributed by atoms with E-state index in [2.05, 4.69) is 10.6 Å². The van der Waals surface area contributed by atoms with Crippen LogP contribution in [0.2, 0.25) is 0 Å². The van der Waals surface area contributed by atoms with Gasteiger partial charge in [0.2, 0.25) is 0 Å². The molecule has 0 aliphatic carbocycles. The Balaban J connectivity index is 1.71. The third-order valence-electron chi connectivity index (χ3n) is 5.05. The van der Waals surface area contributed by atoms with Gasteiger partial charge in [-0.25, -0.2) is 4.79 Å². The number of aryl methyl sites for hydroxylation is 1. The Hall–Kier alpha value is -3.33. The number of amides is 1. The van der Waals surface area contributed by atoms with Crippen LogP contribution in [0.1, 0.15) is 41.3 Å². The molecule has 0 aliphatic heterocycles. The van der Waals surface area contributed by atoms with Crippen molar-refractivity contribution in [3.05, 3.63) is 69.6 Å². The fourth-order valence-corrected chi connectivity index (χ4v) is 3.43. The van der Waals surface area contributed by atoms with Gasteiger partial charge in [-0.15, -0.1) is 0 Å². The van der Waals surface area contributed by atoms with E-state index < -0.39 is 24.1 Å². The van der Waals surface area contributed by atoms with Gasteiger partial charge in [-0.1, -0.05) is 25.5 Å². The van der Waals surface area contributed by atoms with Crippen molar-refractivity contribution in [1.29, 1.82) is 0 Å². The predicted octanol–water partition coefficient (Wildman–Crippen LogP) is 5.05. The van der Waals surface area contributed by atoms with E-state index in [0.29, 0.717) is 28.8 Å². The quantitative estimate of drug-likeness (QED) is 0.344. The molecule has 1 amide bonds. The number of carbonyl (C=O) groups is 1. The van der Waals surface area contributed by atoms with Crippen LogP contribution in [0.3, 0.4) is 0 Å². The summed E-state index contributed by atoms with van der Waals surface area (Å²) in [6.45, 7) is 2.09.